The Morgan fingerprint density at radius 1 is 1.32 bits per heavy atom. The van der Waals surface area contributed by atoms with Crippen LogP contribution < -0.4 is 5.32 Å². The minimum absolute atomic E-state index is 0.0406. The molecular weight excluding hydrogens is 246 g/mol. The number of hydrogen-bond acceptors (Lipinski definition) is 3. The molecule has 1 aliphatic heterocycles. The number of carboxylic acid groups (broad SMARTS) is 1. The molecule has 1 aliphatic carbocycles. The predicted octanol–water partition coefficient (Wildman–Crippen LogP) is 0.587. The Labute approximate surface area is 113 Å². The third-order valence-corrected chi connectivity index (χ3v) is 4.11. The van der Waals surface area contributed by atoms with Crippen LogP contribution in [0.4, 0.5) is 4.79 Å². The summed E-state index contributed by atoms with van der Waals surface area (Å²) in [6.07, 6.45) is 3.37. The first-order valence-electron chi connectivity index (χ1n) is 6.89. The average molecular weight is 269 g/mol. The fraction of sp³-hybridized carbons (Fsp3) is 0.846. The number of carbonyl (C=O) groups is 2. The molecule has 0 aromatic rings. The van der Waals surface area contributed by atoms with E-state index in [1.54, 1.807) is 19.0 Å². The van der Waals surface area contributed by atoms with Gasteiger partial charge in [0.15, 0.2) is 0 Å². The molecule has 2 fully saturated rings. The monoisotopic (exact) mass is 269 g/mol. The van der Waals surface area contributed by atoms with Gasteiger partial charge in [-0.15, -0.1) is 0 Å². The van der Waals surface area contributed by atoms with E-state index in [0.717, 1.165) is 6.54 Å². The van der Waals surface area contributed by atoms with Crippen LogP contribution in [0.5, 0.6) is 0 Å². The molecule has 2 aliphatic rings. The Hall–Kier alpha value is -1.30. The van der Waals surface area contributed by atoms with Crippen molar-refractivity contribution in [3.05, 3.63) is 0 Å². The largest absolute Gasteiger partial charge is 0.480 e. The van der Waals surface area contributed by atoms with Gasteiger partial charge in [0.1, 0.15) is 5.54 Å². The Bertz CT molecular complexity index is 358. The van der Waals surface area contributed by atoms with Gasteiger partial charge in [-0.3, -0.25) is 4.79 Å². The van der Waals surface area contributed by atoms with Crippen LogP contribution in [0.3, 0.4) is 0 Å². The highest BCUT2D eigenvalue weighted by Gasteiger charge is 2.43. The average Bonchev–Trinajstić information content (AvgIpc) is 3.20. The number of urea groups is 1. The first-order valence-corrected chi connectivity index (χ1v) is 6.89. The molecule has 0 spiro atoms. The number of amides is 2. The Kier molecular flexibility index (Phi) is 3.99. The maximum Gasteiger partial charge on any atom is 0.324 e. The van der Waals surface area contributed by atoms with Crippen LogP contribution in [0.25, 0.3) is 0 Å². The zero-order chi connectivity index (χ0) is 14.0. The van der Waals surface area contributed by atoms with Gasteiger partial charge in [0.25, 0.3) is 0 Å². The molecule has 19 heavy (non-hydrogen) atoms. The van der Waals surface area contributed by atoms with Gasteiger partial charge in [0.2, 0.25) is 0 Å². The van der Waals surface area contributed by atoms with E-state index >= 15 is 0 Å². The minimum atomic E-state index is -0.842. The van der Waals surface area contributed by atoms with Gasteiger partial charge in [-0.2, -0.15) is 0 Å². The smallest absolute Gasteiger partial charge is 0.324 e. The van der Waals surface area contributed by atoms with E-state index in [4.69, 9.17) is 0 Å². The summed E-state index contributed by atoms with van der Waals surface area (Å²) in [5.74, 6) is -0.136. The van der Waals surface area contributed by atoms with Crippen LogP contribution in [0.1, 0.15) is 25.7 Å². The number of piperidine rings is 1. The van der Waals surface area contributed by atoms with E-state index in [0.29, 0.717) is 31.8 Å². The second-order valence-electron chi connectivity index (χ2n) is 5.88. The zero-order valence-electron chi connectivity index (χ0n) is 11.7. The van der Waals surface area contributed by atoms with Gasteiger partial charge < -0.3 is 20.2 Å². The quantitative estimate of drug-likeness (QED) is 0.783. The van der Waals surface area contributed by atoms with E-state index in [-0.39, 0.29) is 6.03 Å². The number of aliphatic carboxylic acids is 1. The highest BCUT2D eigenvalue weighted by molar-refractivity contribution is 5.80. The zero-order valence-corrected chi connectivity index (χ0v) is 11.7. The van der Waals surface area contributed by atoms with E-state index in [1.165, 1.54) is 17.7 Å². The molecule has 108 valence electrons. The number of hydrogen-bond donors (Lipinski definition) is 2. The van der Waals surface area contributed by atoms with E-state index in [2.05, 4.69) is 5.32 Å². The molecule has 2 rings (SSSR count). The summed E-state index contributed by atoms with van der Waals surface area (Å²) in [6.45, 7) is 1.79. The van der Waals surface area contributed by atoms with Crippen molar-refractivity contribution in [2.24, 2.45) is 5.92 Å². The lowest BCUT2D eigenvalue weighted by molar-refractivity contribution is -0.147. The first-order chi connectivity index (χ1) is 8.94. The third kappa shape index (κ3) is 3.18. The molecule has 0 radical (unpaired) electrons. The van der Waals surface area contributed by atoms with Gasteiger partial charge in [-0.1, -0.05) is 0 Å². The second kappa shape index (κ2) is 5.36. The fourth-order valence-corrected chi connectivity index (χ4v) is 2.49. The van der Waals surface area contributed by atoms with Crippen molar-refractivity contribution in [3.63, 3.8) is 0 Å². The Balaban J connectivity index is 1.92. The van der Waals surface area contributed by atoms with Crippen molar-refractivity contribution in [2.75, 3.05) is 33.7 Å². The second-order valence-corrected chi connectivity index (χ2v) is 5.88. The molecule has 1 saturated heterocycles. The van der Waals surface area contributed by atoms with Crippen LogP contribution in [0, 0.1) is 5.92 Å². The minimum Gasteiger partial charge on any atom is -0.480 e. The molecule has 6 nitrogen and oxygen atoms in total. The standard InChI is InChI=1S/C13H23N3O3/c1-15(2)12(19)16-7-5-13(6-8-16,11(17)18)14-9-10-3-4-10/h10,14H,3-9H2,1-2H3,(H,17,18). The van der Waals surface area contributed by atoms with Crippen LogP contribution >= 0.6 is 0 Å². The molecule has 6 heteroatoms. The van der Waals surface area contributed by atoms with Crippen molar-refractivity contribution < 1.29 is 14.7 Å². The van der Waals surface area contributed by atoms with Gasteiger partial charge in [-0.25, -0.2) is 4.79 Å². The molecule has 1 heterocycles. The van der Waals surface area contributed by atoms with Gasteiger partial charge >= 0.3 is 12.0 Å². The predicted molar refractivity (Wildman–Crippen MR) is 71.0 cm³/mol. The fourth-order valence-electron chi connectivity index (χ4n) is 2.49. The van der Waals surface area contributed by atoms with Gasteiger partial charge in [-0.05, 0) is 38.1 Å². The summed E-state index contributed by atoms with van der Waals surface area (Å²) in [4.78, 5) is 26.6. The maximum absolute atomic E-state index is 11.8. The summed E-state index contributed by atoms with van der Waals surface area (Å²) in [7, 11) is 3.43. The van der Waals surface area contributed by atoms with Crippen LogP contribution in [0.15, 0.2) is 0 Å². The Morgan fingerprint density at radius 3 is 2.32 bits per heavy atom. The van der Waals surface area contributed by atoms with E-state index < -0.39 is 11.5 Å². The van der Waals surface area contributed by atoms with Crippen molar-refractivity contribution in [2.45, 2.75) is 31.2 Å². The Morgan fingerprint density at radius 2 is 1.89 bits per heavy atom. The van der Waals surface area contributed by atoms with Crippen molar-refractivity contribution in [3.8, 4) is 0 Å². The lowest BCUT2D eigenvalue weighted by Crippen LogP contribution is -2.60. The lowest BCUT2D eigenvalue weighted by Gasteiger charge is -2.40. The van der Waals surface area contributed by atoms with Crippen LogP contribution in [-0.2, 0) is 4.79 Å². The molecule has 2 N–H and O–H groups in total. The summed E-state index contributed by atoms with van der Waals surface area (Å²) in [5, 5.41) is 12.7. The topological polar surface area (TPSA) is 72.9 Å². The molecule has 1 saturated carbocycles. The van der Waals surface area contributed by atoms with Crippen LogP contribution in [0.2, 0.25) is 0 Å². The number of nitrogens with zero attached hydrogens (tertiary/aromatic N) is 2. The summed E-state index contributed by atoms with van der Waals surface area (Å²) < 4.78 is 0. The molecule has 0 atom stereocenters. The number of nitrogens with one attached hydrogen (secondary N) is 1. The van der Waals surface area contributed by atoms with E-state index in [1.807, 2.05) is 0 Å². The number of likely N-dealkylation sites (tertiary alicyclic amines) is 1. The maximum atomic E-state index is 11.8. The molecule has 0 aromatic heterocycles. The molecule has 2 amide bonds. The SMILES string of the molecule is CN(C)C(=O)N1CCC(NCC2CC2)(C(=O)O)CC1. The molecule has 0 aromatic carbocycles. The third-order valence-electron chi connectivity index (χ3n) is 4.11. The molecule has 0 bridgehead atoms. The highest BCUT2D eigenvalue weighted by Crippen LogP contribution is 2.30. The number of carboxylic acids is 1. The van der Waals surface area contributed by atoms with Gasteiger partial charge in [0, 0.05) is 27.2 Å². The summed E-state index contributed by atoms with van der Waals surface area (Å²) >= 11 is 0. The summed E-state index contributed by atoms with van der Waals surface area (Å²) in [6, 6.07) is -0.0406. The lowest BCUT2D eigenvalue weighted by atomic mass is 9.87. The number of carbonyl (C=O) groups excluding carboxylic acids is 1. The normalized spacial score (nSPS) is 22.1. The van der Waals surface area contributed by atoms with Crippen molar-refractivity contribution in [1.82, 2.24) is 15.1 Å². The van der Waals surface area contributed by atoms with E-state index in [9.17, 15) is 14.7 Å². The number of rotatable bonds is 4. The van der Waals surface area contributed by atoms with Crippen LogP contribution in [-0.4, -0.2) is 66.2 Å². The highest BCUT2D eigenvalue weighted by atomic mass is 16.4. The van der Waals surface area contributed by atoms with Crippen molar-refractivity contribution in [1.29, 1.82) is 0 Å². The van der Waals surface area contributed by atoms with Gasteiger partial charge in [0.05, 0.1) is 0 Å². The summed E-state index contributed by atoms with van der Waals surface area (Å²) in [5.41, 5.74) is -0.842. The molecule has 0 unspecified atom stereocenters. The van der Waals surface area contributed by atoms with Crippen molar-refractivity contribution >= 4 is 12.0 Å². The molecular formula is C13H23N3O3. The first kappa shape index (κ1) is 14.1.